The number of methoxy groups -OCH3 is 1. The average molecular weight is 339 g/mol. The fraction of sp³-hybridized carbons (Fsp3) is 0.450. The Morgan fingerprint density at radius 3 is 2.96 bits per heavy atom. The highest BCUT2D eigenvalue weighted by molar-refractivity contribution is 5.92. The Balaban J connectivity index is 1.57. The highest BCUT2D eigenvalue weighted by Gasteiger charge is 2.25. The van der Waals surface area contributed by atoms with Crippen molar-refractivity contribution in [3.8, 4) is 5.75 Å². The number of hydrogen-bond donors (Lipinski definition) is 0. The average Bonchev–Trinajstić information content (AvgIpc) is 2.67. The van der Waals surface area contributed by atoms with Crippen molar-refractivity contribution in [2.24, 2.45) is 5.92 Å². The minimum atomic E-state index is -0.00131. The fourth-order valence-corrected chi connectivity index (χ4v) is 3.35. The predicted molar refractivity (Wildman–Crippen MR) is 96.7 cm³/mol. The van der Waals surface area contributed by atoms with Crippen LogP contribution < -0.4 is 4.74 Å². The van der Waals surface area contributed by atoms with Gasteiger partial charge in [0.05, 0.1) is 19.0 Å². The third-order valence-electron chi connectivity index (χ3n) is 4.78. The highest BCUT2D eigenvalue weighted by atomic mass is 16.5. The van der Waals surface area contributed by atoms with Crippen molar-refractivity contribution in [2.75, 3.05) is 20.2 Å². The number of likely N-dealkylation sites (tertiary alicyclic amines) is 1. The molecule has 0 aliphatic carbocycles. The molecule has 1 aromatic heterocycles. The molecule has 5 nitrogen and oxygen atoms in total. The molecule has 2 heterocycles. The summed E-state index contributed by atoms with van der Waals surface area (Å²) >= 11 is 0. The molecule has 1 saturated heterocycles. The molecule has 1 unspecified atom stereocenters. The summed E-state index contributed by atoms with van der Waals surface area (Å²) in [6.07, 6.45) is 7.54. The Hall–Kier alpha value is -2.43. The largest absolute Gasteiger partial charge is 0.497 e. The maximum absolute atomic E-state index is 12.6. The van der Waals surface area contributed by atoms with Crippen LogP contribution in [0.25, 0.3) is 0 Å². The van der Waals surface area contributed by atoms with E-state index >= 15 is 0 Å². The summed E-state index contributed by atoms with van der Waals surface area (Å²) in [5, 5.41) is 0. The molecule has 0 saturated carbocycles. The summed E-state index contributed by atoms with van der Waals surface area (Å²) in [6, 6.07) is 8.22. The Bertz CT molecular complexity index is 715. The second kappa shape index (κ2) is 8.10. The molecule has 1 aromatic carbocycles. The molecule has 2 aromatic rings. The van der Waals surface area contributed by atoms with Gasteiger partial charge < -0.3 is 9.64 Å². The predicted octanol–water partition coefficient (Wildman–Crippen LogP) is 3.28. The van der Waals surface area contributed by atoms with Gasteiger partial charge >= 0.3 is 0 Å². The number of aromatic nitrogens is 2. The van der Waals surface area contributed by atoms with Crippen molar-refractivity contribution in [2.45, 2.75) is 32.6 Å². The molecular weight excluding hydrogens is 314 g/mol. The molecule has 132 valence electrons. The number of nitrogens with zero attached hydrogens (tertiary/aromatic N) is 3. The van der Waals surface area contributed by atoms with E-state index in [1.54, 1.807) is 19.5 Å². The first-order chi connectivity index (χ1) is 12.2. The Morgan fingerprint density at radius 2 is 2.20 bits per heavy atom. The van der Waals surface area contributed by atoms with Crippen LogP contribution >= 0.6 is 0 Å². The summed E-state index contributed by atoms with van der Waals surface area (Å²) in [7, 11) is 1.69. The first-order valence-electron chi connectivity index (χ1n) is 8.86. The van der Waals surface area contributed by atoms with Crippen molar-refractivity contribution < 1.29 is 9.53 Å². The monoisotopic (exact) mass is 339 g/mol. The van der Waals surface area contributed by atoms with Crippen LogP contribution in [0.3, 0.4) is 0 Å². The van der Waals surface area contributed by atoms with Crippen LogP contribution in [0, 0.1) is 12.8 Å². The van der Waals surface area contributed by atoms with E-state index in [4.69, 9.17) is 4.74 Å². The van der Waals surface area contributed by atoms with Gasteiger partial charge in [-0.15, -0.1) is 0 Å². The van der Waals surface area contributed by atoms with Gasteiger partial charge in [-0.2, -0.15) is 0 Å². The van der Waals surface area contributed by atoms with Crippen molar-refractivity contribution in [3.05, 3.63) is 53.6 Å². The van der Waals surface area contributed by atoms with Crippen LogP contribution in [0.4, 0.5) is 0 Å². The molecule has 25 heavy (non-hydrogen) atoms. The van der Waals surface area contributed by atoms with Gasteiger partial charge in [0.15, 0.2) is 0 Å². The minimum Gasteiger partial charge on any atom is -0.497 e. The van der Waals surface area contributed by atoms with Crippen LogP contribution in [-0.4, -0.2) is 41.0 Å². The quantitative estimate of drug-likeness (QED) is 0.839. The number of benzene rings is 1. The first kappa shape index (κ1) is 17.4. The first-order valence-corrected chi connectivity index (χ1v) is 8.86. The highest BCUT2D eigenvalue weighted by Crippen LogP contribution is 2.23. The van der Waals surface area contributed by atoms with Crippen molar-refractivity contribution >= 4 is 5.91 Å². The zero-order chi connectivity index (χ0) is 17.6. The van der Waals surface area contributed by atoms with Crippen LogP contribution in [0.15, 0.2) is 36.7 Å². The maximum atomic E-state index is 12.6. The molecule has 5 heteroatoms. The number of amides is 1. The lowest BCUT2D eigenvalue weighted by Crippen LogP contribution is -2.40. The fourth-order valence-electron chi connectivity index (χ4n) is 3.35. The van der Waals surface area contributed by atoms with E-state index in [1.807, 2.05) is 24.0 Å². The summed E-state index contributed by atoms with van der Waals surface area (Å²) in [5.41, 5.74) is 2.55. The molecule has 0 N–H and O–H groups in total. The lowest BCUT2D eigenvalue weighted by atomic mass is 9.91. The SMILES string of the molecule is COc1cccc(CCC2CCCN(C(=O)c3cnc(C)cn3)C2)c1. The van der Waals surface area contributed by atoms with Crippen molar-refractivity contribution in [1.29, 1.82) is 0 Å². The second-order valence-corrected chi connectivity index (χ2v) is 6.69. The summed E-state index contributed by atoms with van der Waals surface area (Å²) in [6.45, 7) is 3.49. The number of piperidine rings is 1. The van der Waals surface area contributed by atoms with E-state index in [0.717, 1.165) is 43.8 Å². The van der Waals surface area contributed by atoms with Gasteiger partial charge in [0.2, 0.25) is 0 Å². The van der Waals surface area contributed by atoms with Gasteiger partial charge in [-0.1, -0.05) is 12.1 Å². The van der Waals surface area contributed by atoms with Crippen LogP contribution in [0.5, 0.6) is 5.75 Å². The van der Waals surface area contributed by atoms with E-state index in [1.165, 1.54) is 12.0 Å². The number of hydrogen-bond acceptors (Lipinski definition) is 4. The molecule has 1 atom stereocenters. The number of aryl methyl sites for hydroxylation is 2. The molecule has 0 bridgehead atoms. The molecule has 1 fully saturated rings. The number of rotatable bonds is 5. The van der Waals surface area contributed by atoms with Gasteiger partial charge in [0, 0.05) is 19.3 Å². The van der Waals surface area contributed by atoms with Crippen LogP contribution in [0.1, 0.15) is 41.0 Å². The zero-order valence-electron chi connectivity index (χ0n) is 14.9. The summed E-state index contributed by atoms with van der Waals surface area (Å²) in [5.74, 6) is 1.43. The number of ether oxygens (including phenoxy) is 1. The molecule has 1 amide bonds. The van der Waals surface area contributed by atoms with E-state index in [9.17, 15) is 4.79 Å². The van der Waals surface area contributed by atoms with E-state index < -0.39 is 0 Å². The lowest BCUT2D eigenvalue weighted by molar-refractivity contribution is 0.0662. The maximum Gasteiger partial charge on any atom is 0.274 e. The van der Waals surface area contributed by atoms with Crippen molar-refractivity contribution in [3.63, 3.8) is 0 Å². The van der Waals surface area contributed by atoms with E-state index in [0.29, 0.717) is 11.6 Å². The van der Waals surface area contributed by atoms with Gasteiger partial charge in [-0.25, -0.2) is 4.98 Å². The molecule has 0 spiro atoms. The van der Waals surface area contributed by atoms with E-state index in [-0.39, 0.29) is 5.91 Å². The third-order valence-corrected chi connectivity index (χ3v) is 4.78. The van der Waals surface area contributed by atoms with Gasteiger partial charge in [0.1, 0.15) is 11.4 Å². The molecule has 1 aliphatic heterocycles. The molecule has 0 radical (unpaired) electrons. The second-order valence-electron chi connectivity index (χ2n) is 6.69. The van der Waals surface area contributed by atoms with Gasteiger partial charge in [0.25, 0.3) is 5.91 Å². The van der Waals surface area contributed by atoms with Crippen molar-refractivity contribution in [1.82, 2.24) is 14.9 Å². The summed E-state index contributed by atoms with van der Waals surface area (Å²) < 4.78 is 5.29. The molecule has 3 rings (SSSR count). The zero-order valence-corrected chi connectivity index (χ0v) is 14.9. The number of carbonyl (C=O) groups excluding carboxylic acids is 1. The molecule has 1 aliphatic rings. The van der Waals surface area contributed by atoms with Crippen LogP contribution in [0.2, 0.25) is 0 Å². The summed E-state index contributed by atoms with van der Waals surface area (Å²) in [4.78, 5) is 23.0. The lowest BCUT2D eigenvalue weighted by Gasteiger charge is -2.32. The third kappa shape index (κ3) is 4.56. The van der Waals surface area contributed by atoms with Gasteiger partial charge in [-0.05, 0) is 56.2 Å². The van der Waals surface area contributed by atoms with Gasteiger partial charge in [-0.3, -0.25) is 9.78 Å². The minimum absolute atomic E-state index is 0.00131. The van der Waals surface area contributed by atoms with E-state index in [2.05, 4.69) is 22.1 Å². The Kier molecular flexibility index (Phi) is 5.64. The Morgan fingerprint density at radius 1 is 1.32 bits per heavy atom. The smallest absolute Gasteiger partial charge is 0.274 e. The van der Waals surface area contributed by atoms with Crippen LogP contribution in [-0.2, 0) is 6.42 Å². The normalized spacial score (nSPS) is 17.4. The number of carbonyl (C=O) groups is 1. The standard InChI is InChI=1S/C20H25N3O2/c1-15-12-22-19(13-21-15)20(24)23-10-4-6-17(14-23)9-8-16-5-3-7-18(11-16)25-2/h3,5,7,11-13,17H,4,6,8-10,14H2,1-2H3. The molecular formula is C20H25N3O2. The Labute approximate surface area is 149 Å². The topological polar surface area (TPSA) is 55.3 Å².